The fourth-order valence-corrected chi connectivity index (χ4v) is 4.97. The van der Waals surface area contributed by atoms with Crippen molar-refractivity contribution in [2.45, 2.75) is 83.3 Å². The summed E-state index contributed by atoms with van der Waals surface area (Å²) in [5.41, 5.74) is 1.35. The minimum Gasteiger partial charge on any atom is -0.360 e. The molecule has 1 aromatic rings. The van der Waals surface area contributed by atoms with E-state index in [0.717, 1.165) is 24.7 Å². The minimum absolute atomic E-state index is 0.557. The van der Waals surface area contributed by atoms with Crippen LogP contribution in [0, 0.1) is 0 Å². The highest BCUT2D eigenvalue weighted by molar-refractivity contribution is 7.80. The first-order chi connectivity index (χ1) is 13.3. The summed E-state index contributed by atoms with van der Waals surface area (Å²) in [5, 5.41) is 4.72. The maximum atomic E-state index is 5.94. The third-order valence-corrected chi connectivity index (χ3v) is 6.65. The summed E-state index contributed by atoms with van der Waals surface area (Å²) in [7, 11) is 0. The van der Waals surface area contributed by atoms with Crippen LogP contribution in [0.15, 0.2) is 30.3 Å². The van der Waals surface area contributed by atoms with Crippen molar-refractivity contribution < 1.29 is 0 Å². The number of likely N-dealkylation sites (tertiary alicyclic amines) is 1. The first-order valence-electron chi connectivity index (χ1n) is 11.1. The van der Waals surface area contributed by atoms with Crippen LogP contribution in [0.1, 0.15) is 70.3 Å². The van der Waals surface area contributed by atoms with Crippen LogP contribution in [-0.2, 0) is 6.54 Å². The molecular weight excluding hydrogens is 350 g/mol. The van der Waals surface area contributed by atoms with Gasteiger partial charge in [0.15, 0.2) is 5.11 Å². The number of likely N-dealkylation sites (N-methyl/N-ethyl adjacent to an activating group) is 1. The van der Waals surface area contributed by atoms with E-state index in [4.69, 9.17) is 12.2 Å². The van der Waals surface area contributed by atoms with Crippen LogP contribution in [0.2, 0.25) is 0 Å². The number of thiocarbonyl (C=S) groups is 1. The third kappa shape index (κ3) is 6.46. The Bertz CT molecular complexity index is 554. The molecule has 0 amide bonds. The van der Waals surface area contributed by atoms with E-state index in [1.54, 1.807) is 0 Å². The molecule has 1 N–H and O–H groups in total. The Morgan fingerprint density at radius 3 is 2.44 bits per heavy atom. The SMILES string of the molecule is CCN1CCCC1CN(Cc1ccccc1)C(=S)NC1CCCCCCC1. The summed E-state index contributed by atoms with van der Waals surface area (Å²) in [4.78, 5) is 5.05. The van der Waals surface area contributed by atoms with E-state index in [0.29, 0.717) is 12.1 Å². The molecule has 3 nitrogen and oxygen atoms in total. The largest absolute Gasteiger partial charge is 0.360 e. The molecule has 0 spiro atoms. The number of hydrogen-bond acceptors (Lipinski definition) is 2. The lowest BCUT2D eigenvalue weighted by Crippen LogP contribution is -2.49. The van der Waals surface area contributed by atoms with Gasteiger partial charge >= 0.3 is 0 Å². The number of benzene rings is 1. The Kier molecular flexibility index (Phi) is 8.40. The van der Waals surface area contributed by atoms with Crippen molar-refractivity contribution in [2.75, 3.05) is 19.6 Å². The zero-order valence-corrected chi connectivity index (χ0v) is 17.9. The molecule has 1 aromatic carbocycles. The summed E-state index contributed by atoms with van der Waals surface area (Å²) in [6.07, 6.45) is 12.0. The molecule has 1 saturated carbocycles. The van der Waals surface area contributed by atoms with E-state index in [1.165, 1.54) is 69.9 Å². The maximum Gasteiger partial charge on any atom is 0.169 e. The average molecular weight is 388 g/mol. The molecule has 4 heteroatoms. The smallest absolute Gasteiger partial charge is 0.169 e. The van der Waals surface area contributed by atoms with Gasteiger partial charge in [-0.15, -0.1) is 0 Å². The van der Waals surface area contributed by atoms with Crippen LogP contribution >= 0.6 is 12.2 Å². The van der Waals surface area contributed by atoms with Gasteiger partial charge in [0.05, 0.1) is 0 Å². The van der Waals surface area contributed by atoms with Crippen LogP contribution < -0.4 is 5.32 Å². The van der Waals surface area contributed by atoms with E-state index >= 15 is 0 Å². The first-order valence-corrected chi connectivity index (χ1v) is 11.5. The second-order valence-corrected chi connectivity index (χ2v) is 8.67. The molecule has 1 atom stereocenters. The van der Waals surface area contributed by atoms with Crippen LogP contribution in [0.4, 0.5) is 0 Å². The van der Waals surface area contributed by atoms with Gasteiger partial charge in [-0.25, -0.2) is 0 Å². The predicted octanol–water partition coefficient (Wildman–Crippen LogP) is 4.96. The van der Waals surface area contributed by atoms with E-state index in [9.17, 15) is 0 Å². The van der Waals surface area contributed by atoms with Crippen molar-refractivity contribution in [3.8, 4) is 0 Å². The van der Waals surface area contributed by atoms with Gasteiger partial charge < -0.3 is 10.2 Å². The van der Waals surface area contributed by atoms with E-state index in [-0.39, 0.29) is 0 Å². The molecule has 2 aliphatic rings. The van der Waals surface area contributed by atoms with E-state index < -0.39 is 0 Å². The van der Waals surface area contributed by atoms with Gasteiger partial charge in [0.1, 0.15) is 0 Å². The van der Waals surface area contributed by atoms with Crippen molar-refractivity contribution in [1.82, 2.24) is 15.1 Å². The fourth-order valence-electron chi connectivity index (χ4n) is 4.66. The van der Waals surface area contributed by atoms with Gasteiger partial charge in [0.25, 0.3) is 0 Å². The summed E-state index contributed by atoms with van der Waals surface area (Å²) >= 11 is 5.94. The Morgan fingerprint density at radius 2 is 1.74 bits per heavy atom. The van der Waals surface area contributed by atoms with Gasteiger partial charge in [-0.1, -0.05) is 69.4 Å². The molecule has 150 valence electrons. The molecule has 1 unspecified atom stereocenters. The topological polar surface area (TPSA) is 18.5 Å². The molecule has 0 aromatic heterocycles. The molecule has 0 bridgehead atoms. The van der Waals surface area contributed by atoms with E-state index in [1.807, 2.05) is 0 Å². The lowest BCUT2D eigenvalue weighted by Gasteiger charge is -2.34. The van der Waals surface area contributed by atoms with Crippen molar-refractivity contribution >= 4 is 17.3 Å². The lowest BCUT2D eigenvalue weighted by atomic mass is 9.97. The second kappa shape index (κ2) is 11.0. The number of rotatable bonds is 6. The average Bonchev–Trinajstić information content (AvgIpc) is 3.11. The maximum absolute atomic E-state index is 5.94. The Hall–Kier alpha value is -1.13. The Morgan fingerprint density at radius 1 is 1.04 bits per heavy atom. The molecule has 0 radical (unpaired) electrons. The Balaban J connectivity index is 1.64. The zero-order chi connectivity index (χ0) is 18.9. The van der Waals surface area contributed by atoms with Crippen LogP contribution in [0.3, 0.4) is 0 Å². The van der Waals surface area contributed by atoms with Crippen LogP contribution in [0.25, 0.3) is 0 Å². The van der Waals surface area contributed by atoms with Gasteiger partial charge in [0, 0.05) is 25.2 Å². The van der Waals surface area contributed by atoms with Crippen molar-refractivity contribution in [3.63, 3.8) is 0 Å². The number of hydrogen-bond donors (Lipinski definition) is 1. The summed E-state index contributed by atoms with van der Waals surface area (Å²) in [6, 6.07) is 12.0. The van der Waals surface area contributed by atoms with Gasteiger partial charge in [0.2, 0.25) is 0 Å². The summed E-state index contributed by atoms with van der Waals surface area (Å²) in [6.45, 7) is 6.62. The quantitative estimate of drug-likeness (QED) is 0.695. The molecule has 1 aliphatic carbocycles. The fraction of sp³-hybridized carbons (Fsp3) is 0.696. The van der Waals surface area contributed by atoms with Gasteiger partial charge in [-0.2, -0.15) is 0 Å². The first kappa shape index (κ1) is 20.6. The molecular formula is C23H37N3S. The number of nitrogens with zero attached hydrogens (tertiary/aromatic N) is 2. The van der Waals surface area contributed by atoms with Crippen molar-refractivity contribution in [2.24, 2.45) is 0 Å². The van der Waals surface area contributed by atoms with Gasteiger partial charge in [-0.05, 0) is 56.6 Å². The highest BCUT2D eigenvalue weighted by Gasteiger charge is 2.26. The summed E-state index contributed by atoms with van der Waals surface area (Å²) in [5.74, 6) is 0. The Labute approximate surface area is 171 Å². The molecule has 3 rings (SSSR count). The monoisotopic (exact) mass is 387 g/mol. The molecule has 27 heavy (non-hydrogen) atoms. The van der Waals surface area contributed by atoms with Crippen LogP contribution in [-0.4, -0.2) is 46.6 Å². The highest BCUT2D eigenvalue weighted by atomic mass is 32.1. The standard InChI is InChI=1S/C23H37N3S/c1-2-25-17-11-16-22(25)19-26(18-20-12-7-6-8-13-20)23(27)24-21-14-9-4-3-5-10-15-21/h6-8,12-13,21-22H,2-5,9-11,14-19H2,1H3,(H,24,27). The second-order valence-electron chi connectivity index (χ2n) is 8.28. The molecule has 1 aliphatic heterocycles. The molecule has 1 heterocycles. The van der Waals surface area contributed by atoms with Crippen molar-refractivity contribution in [1.29, 1.82) is 0 Å². The van der Waals surface area contributed by atoms with Crippen LogP contribution in [0.5, 0.6) is 0 Å². The van der Waals surface area contributed by atoms with Gasteiger partial charge in [-0.3, -0.25) is 4.90 Å². The van der Waals surface area contributed by atoms with E-state index in [2.05, 4.69) is 52.4 Å². The number of nitrogens with one attached hydrogen (secondary N) is 1. The third-order valence-electron chi connectivity index (χ3n) is 6.27. The normalized spacial score (nSPS) is 22.2. The molecule has 2 fully saturated rings. The minimum atomic E-state index is 0.557. The molecule has 1 saturated heterocycles. The lowest BCUT2D eigenvalue weighted by molar-refractivity contribution is 0.218. The van der Waals surface area contributed by atoms with Crippen molar-refractivity contribution in [3.05, 3.63) is 35.9 Å². The highest BCUT2D eigenvalue weighted by Crippen LogP contribution is 2.20. The predicted molar refractivity (Wildman–Crippen MR) is 119 cm³/mol. The summed E-state index contributed by atoms with van der Waals surface area (Å²) < 4.78 is 0. The zero-order valence-electron chi connectivity index (χ0n) is 17.0.